The van der Waals surface area contributed by atoms with Crippen LogP contribution in [0.2, 0.25) is 0 Å². The minimum atomic E-state index is -0.181. The van der Waals surface area contributed by atoms with Gasteiger partial charge in [0.15, 0.2) is 0 Å². The van der Waals surface area contributed by atoms with Crippen molar-refractivity contribution >= 4 is 10.8 Å². The first kappa shape index (κ1) is 15.8. The van der Waals surface area contributed by atoms with Gasteiger partial charge in [0, 0.05) is 30.5 Å². The van der Waals surface area contributed by atoms with E-state index in [0.29, 0.717) is 6.61 Å². The van der Waals surface area contributed by atoms with E-state index < -0.39 is 0 Å². The molecule has 0 amide bonds. The zero-order valence-electron chi connectivity index (χ0n) is 13.3. The maximum absolute atomic E-state index is 6.09. The van der Waals surface area contributed by atoms with Crippen LogP contribution in [0.4, 0.5) is 0 Å². The van der Waals surface area contributed by atoms with Crippen LogP contribution in [0.15, 0.2) is 36.4 Å². The molecule has 3 heteroatoms. The molecule has 2 aromatic carbocycles. The Kier molecular flexibility index (Phi) is 4.86. The lowest BCUT2D eigenvalue weighted by molar-refractivity contribution is 0.00549. The largest absolute Gasteiger partial charge is 0.492 e. The zero-order valence-corrected chi connectivity index (χ0v) is 13.3. The molecule has 2 aromatic rings. The van der Waals surface area contributed by atoms with E-state index in [9.17, 15) is 0 Å². The molecule has 0 aliphatic carbocycles. The lowest BCUT2D eigenvalue weighted by atomic mass is 10.0. The third-order valence-corrected chi connectivity index (χ3v) is 3.90. The summed E-state index contributed by atoms with van der Waals surface area (Å²) in [5.41, 5.74) is 6.95. The second-order valence-corrected chi connectivity index (χ2v) is 6.06. The highest BCUT2D eigenvalue weighted by molar-refractivity contribution is 5.89. The Balaban J connectivity index is 2.29. The van der Waals surface area contributed by atoms with Gasteiger partial charge in [-0.2, -0.15) is 0 Å². The van der Waals surface area contributed by atoms with E-state index >= 15 is 0 Å². The number of rotatable bonds is 6. The molecular weight excluding hydrogens is 262 g/mol. The van der Waals surface area contributed by atoms with Crippen molar-refractivity contribution in [2.45, 2.75) is 38.8 Å². The molecule has 21 heavy (non-hydrogen) atoms. The maximum Gasteiger partial charge on any atom is 0.131 e. The van der Waals surface area contributed by atoms with Crippen molar-refractivity contribution < 1.29 is 9.47 Å². The van der Waals surface area contributed by atoms with Gasteiger partial charge in [0.2, 0.25) is 0 Å². The van der Waals surface area contributed by atoms with Crippen LogP contribution in [0.5, 0.6) is 5.75 Å². The van der Waals surface area contributed by atoms with E-state index in [-0.39, 0.29) is 11.6 Å². The molecule has 0 bridgehead atoms. The summed E-state index contributed by atoms with van der Waals surface area (Å²) in [4.78, 5) is 0. The third kappa shape index (κ3) is 3.74. The predicted molar refractivity (Wildman–Crippen MR) is 87.8 cm³/mol. The van der Waals surface area contributed by atoms with Crippen molar-refractivity contribution in [1.82, 2.24) is 0 Å². The van der Waals surface area contributed by atoms with Crippen LogP contribution in [0.25, 0.3) is 10.8 Å². The molecule has 0 aliphatic rings. The molecule has 0 saturated heterocycles. The highest BCUT2D eigenvalue weighted by Crippen LogP contribution is 2.33. The summed E-state index contributed by atoms with van der Waals surface area (Å²) < 4.78 is 11.5. The first-order chi connectivity index (χ1) is 9.94. The first-order valence-corrected chi connectivity index (χ1v) is 7.40. The van der Waals surface area contributed by atoms with Gasteiger partial charge < -0.3 is 15.2 Å². The molecule has 2 N–H and O–H groups in total. The smallest absolute Gasteiger partial charge is 0.131 e. The van der Waals surface area contributed by atoms with Crippen LogP contribution in [-0.4, -0.2) is 19.3 Å². The summed E-state index contributed by atoms with van der Waals surface area (Å²) in [7, 11) is 1.73. The summed E-state index contributed by atoms with van der Waals surface area (Å²) >= 11 is 0. The Bertz CT molecular complexity index is 605. The number of methoxy groups -OCH3 is 1. The predicted octanol–water partition coefficient (Wildman–Crippen LogP) is 4.05. The lowest BCUT2D eigenvalue weighted by Crippen LogP contribution is -2.25. The lowest BCUT2D eigenvalue weighted by Gasteiger charge is -2.24. The molecule has 114 valence electrons. The van der Waals surface area contributed by atoms with Crippen LogP contribution < -0.4 is 10.5 Å². The van der Waals surface area contributed by atoms with Crippen molar-refractivity contribution in [2.24, 2.45) is 5.73 Å². The number of hydrogen-bond acceptors (Lipinski definition) is 3. The average molecular weight is 287 g/mol. The Morgan fingerprint density at radius 2 is 1.86 bits per heavy atom. The van der Waals surface area contributed by atoms with Crippen LogP contribution in [0.3, 0.4) is 0 Å². The molecule has 0 heterocycles. The molecule has 1 atom stereocenters. The molecule has 0 aliphatic heterocycles. The second kappa shape index (κ2) is 6.46. The summed E-state index contributed by atoms with van der Waals surface area (Å²) in [5.74, 6) is 0.898. The fourth-order valence-electron chi connectivity index (χ4n) is 2.28. The van der Waals surface area contributed by atoms with Crippen molar-refractivity contribution in [2.75, 3.05) is 13.7 Å². The standard InChI is InChI=1S/C18H25NO2/c1-13(19)15-10-9-14-7-5-6-8-16(14)17(15)21-12-11-18(2,3)20-4/h5-10,13H,11-12,19H2,1-4H3/t13-/m1/s1. The molecule has 0 spiro atoms. The van der Waals surface area contributed by atoms with Gasteiger partial charge in [-0.1, -0.05) is 36.4 Å². The second-order valence-electron chi connectivity index (χ2n) is 6.06. The normalized spacial score (nSPS) is 13.4. The Labute approximate surface area is 127 Å². The maximum atomic E-state index is 6.09. The molecule has 3 nitrogen and oxygen atoms in total. The van der Waals surface area contributed by atoms with Crippen LogP contribution >= 0.6 is 0 Å². The quantitative estimate of drug-likeness (QED) is 0.871. The minimum absolute atomic E-state index is 0.0555. The molecule has 0 fully saturated rings. The SMILES string of the molecule is COC(C)(C)CCOc1c([C@@H](C)N)ccc2ccccc12. The van der Waals surface area contributed by atoms with Gasteiger partial charge >= 0.3 is 0 Å². The van der Waals surface area contributed by atoms with Gasteiger partial charge in [0.1, 0.15) is 5.75 Å². The minimum Gasteiger partial charge on any atom is -0.492 e. The number of ether oxygens (including phenoxy) is 2. The number of hydrogen-bond donors (Lipinski definition) is 1. The van der Waals surface area contributed by atoms with Crippen LogP contribution in [-0.2, 0) is 4.74 Å². The van der Waals surface area contributed by atoms with Gasteiger partial charge in [-0.3, -0.25) is 0 Å². The molecule has 0 unspecified atom stereocenters. The van der Waals surface area contributed by atoms with Gasteiger partial charge in [-0.15, -0.1) is 0 Å². The van der Waals surface area contributed by atoms with E-state index in [2.05, 4.69) is 38.1 Å². The molecule has 0 radical (unpaired) electrons. The van der Waals surface area contributed by atoms with Gasteiger partial charge in [-0.25, -0.2) is 0 Å². The van der Waals surface area contributed by atoms with Gasteiger partial charge in [0.05, 0.1) is 12.2 Å². The number of benzene rings is 2. The van der Waals surface area contributed by atoms with Gasteiger partial charge in [0.25, 0.3) is 0 Å². The average Bonchev–Trinajstić information content (AvgIpc) is 2.47. The highest BCUT2D eigenvalue weighted by atomic mass is 16.5. The van der Waals surface area contributed by atoms with E-state index in [1.807, 2.05) is 19.1 Å². The number of fused-ring (bicyclic) bond motifs is 1. The summed E-state index contributed by atoms with van der Waals surface area (Å²) in [5, 5.41) is 2.28. The summed E-state index contributed by atoms with van der Waals surface area (Å²) in [6.45, 7) is 6.71. The van der Waals surface area contributed by atoms with E-state index in [1.54, 1.807) is 7.11 Å². The number of nitrogens with two attached hydrogens (primary N) is 1. The Hall–Kier alpha value is -1.58. The van der Waals surface area contributed by atoms with E-state index in [4.69, 9.17) is 15.2 Å². The molecule has 2 rings (SSSR count). The Morgan fingerprint density at radius 1 is 1.14 bits per heavy atom. The van der Waals surface area contributed by atoms with Crippen molar-refractivity contribution in [3.05, 3.63) is 42.0 Å². The van der Waals surface area contributed by atoms with Crippen LogP contribution in [0.1, 0.15) is 38.8 Å². The van der Waals surface area contributed by atoms with Crippen molar-refractivity contribution in [3.8, 4) is 5.75 Å². The molecule has 0 aromatic heterocycles. The fourth-order valence-corrected chi connectivity index (χ4v) is 2.28. The topological polar surface area (TPSA) is 44.5 Å². The third-order valence-electron chi connectivity index (χ3n) is 3.90. The van der Waals surface area contributed by atoms with E-state index in [0.717, 1.165) is 23.1 Å². The summed E-state index contributed by atoms with van der Waals surface area (Å²) in [6.07, 6.45) is 0.825. The van der Waals surface area contributed by atoms with Crippen molar-refractivity contribution in [1.29, 1.82) is 0 Å². The summed E-state index contributed by atoms with van der Waals surface area (Å²) in [6, 6.07) is 12.3. The Morgan fingerprint density at radius 3 is 2.52 bits per heavy atom. The fraction of sp³-hybridized carbons (Fsp3) is 0.444. The van der Waals surface area contributed by atoms with Crippen molar-refractivity contribution in [3.63, 3.8) is 0 Å². The first-order valence-electron chi connectivity index (χ1n) is 7.40. The molecular formula is C18H25NO2. The molecule has 0 saturated carbocycles. The highest BCUT2D eigenvalue weighted by Gasteiger charge is 2.18. The van der Waals surface area contributed by atoms with Gasteiger partial charge in [-0.05, 0) is 26.2 Å². The zero-order chi connectivity index (χ0) is 15.5. The van der Waals surface area contributed by atoms with E-state index in [1.165, 1.54) is 5.39 Å². The monoisotopic (exact) mass is 287 g/mol. The van der Waals surface area contributed by atoms with Crippen LogP contribution in [0, 0.1) is 0 Å².